The summed E-state index contributed by atoms with van der Waals surface area (Å²) in [5.41, 5.74) is 1.06. The van der Waals surface area contributed by atoms with Gasteiger partial charge in [0, 0.05) is 0 Å². The van der Waals surface area contributed by atoms with E-state index in [0.717, 1.165) is 12.0 Å². The molecule has 0 radical (unpaired) electrons. The Labute approximate surface area is 102 Å². The van der Waals surface area contributed by atoms with Crippen molar-refractivity contribution in [2.45, 2.75) is 38.0 Å². The van der Waals surface area contributed by atoms with E-state index in [1.165, 1.54) is 25.7 Å². The molecule has 1 fully saturated rings. The molecule has 1 aliphatic rings. The van der Waals surface area contributed by atoms with Crippen LogP contribution in [0.5, 0.6) is 0 Å². The Hall–Kier alpha value is -0.820. The smallest absolute Gasteiger partial charge is 0.229 e. The molecule has 0 aromatic heterocycles. The Bertz CT molecular complexity index is 341. The minimum atomic E-state index is -0.210. The first kappa shape index (κ1) is 11.7. The largest absolute Gasteiger partial charge is 0.281 e. The molecule has 0 amide bonds. The van der Waals surface area contributed by atoms with Crippen molar-refractivity contribution in [2.24, 2.45) is 5.92 Å². The van der Waals surface area contributed by atoms with Crippen LogP contribution in [0.25, 0.3) is 0 Å². The molecule has 1 atom stereocenters. The first-order valence-electron chi connectivity index (χ1n) is 6.01. The van der Waals surface area contributed by atoms with E-state index in [1.807, 2.05) is 30.3 Å². The van der Waals surface area contributed by atoms with Gasteiger partial charge in [0.2, 0.25) is 5.24 Å². The Balaban J connectivity index is 2.08. The van der Waals surface area contributed by atoms with E-state index in [1.54, 1.807) is 0 Å². The summed E-state index contributed by atoms with van der Waals surface area (Å²) in [7, 11) is 0. The van der Waals surface area contributed by atoms with E-state index in [2.05, 4.69) is 0 Å². The predicted molar refractivity (Wildman–Crippen MR) is 66.6 cm³/mol. The lowest BCUT2D eigenvalue weighted by Crippen LogP contribution is -2.11. The van der Waals surface area contributed by atoms with Crippen LogP contribution in [-0.2, 0) is 4.79 Å². The Kier molecular flexibility index (Phi) is 4.00. The van der Waals surface area contributed by atoms with Gasteiger partial charge in [-0.2, -0.15) is 0 Å². The quantitative estimate of drug-likeness (QED) is 0.719. The van der Waals surface area contributed by atoms with Gasteiger partial charge >= 0.3 is 0 Å². The summed E-state index contributed by atoms with van der Waals surface area (Å²) in [6, 6.07) is 9.91. The van der Waals surface area contributed by atoms with Crippen LogP contribution in [0.1, 0.15) is 43.6 Å². The average Bonchev–Trinajstić information content (AvgIpc) is 2.79. The van der Waals surface area contributed by atoms with E-state index in [9.17, 15) is 4.79 Å². The molecular formula is C14H17ClO. The molecule has 2 rings (SSSR count). The summed E-state index contributed by atoms with van der Waals surface area (Å²) in [5, 5.41) is -0.210. The summed E-state index contributed by atoms with van der Waals surface area (Å²) >= 11 is 5.72. The summed E-state index contributed by atoms with van der Waals surface area (Å²) in [6.07, 6.45) is 6.05. The Morgan fingerprint density at radius 3 is 2.44 bits per heavy atom. The summed E-state index contributed by atoms with van der Waals surface area (Å²) in [5.74, 6) is 0.582. The van der Waals surface area contributed by atoms with Crippen LogP contribution in [0.4, 0.5) is 0 Å². The lowest BCUT2D eigenvalue weighted by atomic mass is 9.89. The van der Waals surface area contributed by atoms with E-state index in [4.69, 9.17) is 11.6 Å². The van der Waals surface area contributed by atoms with Gasteiger partial charge in [0.1, 0.15) is 0 Å². The zero-order valence-corrected chi connectivity index (χ0v) is 10.1. The number of carbonyl (C=O) groups excluding carboxylic acids is 1. The molecule has 1 nitrogen and oxygen atoms in total. The maximum atomic E-state index is 11.5. The number of hydrogen-bond donors (Lipinski definition) is 0. The molecule has 0 saturated heterocycles. The second-order valence-corrected chi connectivity index (χ2v) is 5.03. The minimum absolute atomic E-state index is 0.106. The zero-order valence-electron chi connectivity index (χ0n) is 9.36. The van der Waals surface area contributed by atoms with Gasteiger partial charge in [0.05, 0.1) is 5.92 Å². The van der Waals surface area contributed by atoms with Crippen LogP contribution in [0.3, 0.4) is 0 Å². The Morgan fingerprint density at radius 1 is 1.25 bits per heavy atom. The topological polar surface area (TPSA) is 17.1 Å². The lowest BCUT2D eigenvalue weighted by Gasteiger charge is -2.17. The van der Waals surface area contributed by atoms with Crippen LogP contribution >= 0.6 is 11.6 Å². The second kappa shape index (κ2) is 5.49. The zero-order chi connectivity index (χ0) is 11.4. The second-order valence-electron chi connectivity index (χ2n) is 4.65. The fraction of sp³-hybridized carbons (Fsp3) is 0.500. The van der Waals surface area contributed by atoms with Crippen LogP contribution < -0.4 is 0 Å². The molecule has 1 saturated carbocycles. The predicted octanol–water partition coefficient (Wildman–Crippen LogP) is 4.12. The number of halogens is 1. The molecule has 1 aromatic carbocycles. The van der Waals surface area contributed by atoms with Crippen LogP contribution in [0.15, 0.2) is 30.3 Å². The molecule has 2 heteroatoms. The molecular weight excluding hydrogens is 220 g/mol. The highest BCUT2D eigenvalue weighted by Crippen LogP contribution is 2.35. The highest BCUT2D eigenvalue weighted by atomic mass is 35.5. The van der Waals surface area contributed by atoms with Crippen LogP contribution in [0, 0.1) is 5.92 Å². The SMILES string of the molecule is O=C(Cl)[C@H](CC1CCCC1)c1ccccc1. The molecule has 16 heavy (non-hydrogen) atoms. The van der Waals surface area contributed by atoms with E-state index in [0.29, 0.717) is 5.92 Å². The molecule has 0 N–H and O–H groups in total. The number of hydrogen-bond acceptors (Lipinski definition) is 1. The number of rotatable bonds is 4. The van der Waals surface area contributed by atoms with Gasteiger partial charge in [-0.1, -0.05) is 56.0 Å². The first-order chi connectivity index (χ1) is 7.77. The molecule has 0 bridgehead atoms. The molecule has 0 unspecified atom stereocenters. The van der Waals surface area contributed by atoms with Crippen molar-refractivity contribution < 1.29 is 4.79 Å². The molecule has 1 aromatic rings. The van der Waals surface area contributed by atoms with Crippen molar-refractivity contribution in [3.63, 3.8) is 0 Å². The van der Waals surface area contributed by atoms with Crippen LogP contribution in [0.2, 0.25) is 0 Å². The summed E-state index contributed by atoms with van der Waals surface area (Å²) in [6.45, 7) is 0. The lowest BCUT2D eigenvalue weighted by molar-refractivity contribution is -0.113. The van der Waals surface area contributed by atoms with Gasteiger partial charge < -0.3 is 0 Å². The Morgan fingerprint density at radius 2 is 1.88 bits per heavy atom. The van der Waals surface area contributed by atoms with Crippen LogP contribution in [-0.4, -0.2) is 5.24 Å². The van der Waals surface area contributed by atoms with Crippen molar-refractivity contribution in [3.05, 3.63) is 35.9 Å². The van der Waals surface area contributed by atoms with Crippen molar-refractivity contribution in [1.82, 2.24) is 0 Å². The van der Waals surface area contributed by atoms with Crippen molar-refractivity contribution in [2.75, 3.05) is 0 Å². The maximum absolute atomic E-state index is 11.5. The number of benzene rings is 1. The maximum Gasteiger partial charge on any atom is 0.229 e. The molecule has 0 spiro atoms. The van der Waals surface area contributed by atoms with E-state index >= 15 is 0 Å². The normalized spacial score (nSPS) is 18.6. The van der Waals surface area contributed by atoms with Crippen molar-refractivity contribution >= 4 is 16.8 Å². The summed E-state index contributed by atoms with van der Waals surface area (Å²) in [4.78, 5) is 11.5. The monoisotopic (exact) mass is 236 g/mol. The van der Waals surface area contributed by atoms with Gasteiger partial charge in [-0.15, -0.1) is 0 Å². The van der Waals surface area contributed by atoms with Gasteiger partial charge in [0.15, 0.2) is 0 Å². The van der Waals surface area contributed by atoms with E-state index < -0.39 is 0 Å². The highest BCUT2D eigenvalue weighted by Gasteiger charge is 2.25. The third kappa shape index (κ3) is 2.85. The first-order valence-corrected chi connectivity index (χ1v) is 6.39. The summed E-state index contributed by atoms with van der Waals surface area (Å²) < 4.78 is 0. The minimum Gasteiger partial charge on any atom is -0.281 e. The molecule has 0 heterocycles. The van der Waals surface area contributed by atoms with Crippen molar-refractivity contribution in [1.29, 1.82) is 0 Å². The standard InChI is InChI=1S/C14H17ClO/c15-14(16)13(10-11-6-4-5-7-11)12-8-2-1-3-9-12/h1-3,8-9,11,13H,4-7,10H2/t13-/m1/s1. The van der Waals surface area contributed by atoms with Gasteiger partial charge in [0.25, 0.3) is 0 Å². The van der Waals surface area contributed by atoms with E-state index in [-0.39, 0.29) is 11.2 Å². The molecule has 0 aliphatic heterocycles. The molecule has 1 aliphatic carbocycles. The van der Waals surface area contributed by atoms with Gasteiger partial charge in [-0.3, -0.25) is 4.79 Å². The molecule has 86 valence electrons. The number of carbonyl (C=O) groups is 1. The fourth-order valence-electron chi connectivity index (χ4n) is 2.62. The van der Waals surface area contributed by atoms with Gasteiger partial charge in [-0.05, 0) is 29.5 Å². The van der Waals surface area contributed by atoms with Crippen molar-refractivity contribution in [3.8, 4) is 0 Å². The fourth-order valence-corrected chi connectivity index (χ4v) is 2.84. The highest BCUT2D eigenvalue weighted by molar-refractivity contribution is 6.64. The third-order valence-electron chi connectivity index (χ3n) is 3.52. The van der Waals surface area contributed by atoms with Gasteiger partial charge in [-0.25, -0.2) is 0 Å². The third-order valence-corrected chi connectivity index (χ3v) is 3.78. The average molecular weight is 237 g/mol.